The van der Waals surface area contributed by atoms with Crippen LogP contribution in [-0.2, 0) is 11.3 Å². The van der Waals surface area contributed by atoms with Crippen molar-refractivity contribution in [1.29, 1.82) is 0 Å². The van der Waals surface area contributed by atoms with Crippen molar-refractivity contribution in [2.45, 2.75) is 26.0 Å². The zero-order chi connectivity index (χ0) is 13.7. The fourth-order valence-corrected chi connectivity index (χ4v) is 2.06. The Labute approximate surface area is 112 Å². The second-order valence-electron chi connectivity index (χ2n) is 4.36. The molecule has 0 aliphatic carbocycles. The first-order chi connectivity index (χ1) is 9.26. The van der Waals surface area contributed by atoms with Gasteiger partial charge in [-0.2, -0.15) is 5.10 Å². The number of aromatic nitrogens is 2. The Hall–Kier alpha value is -1.72. The maximum Gasteiger partial charge on any atom is 0.274 e. The van der Waals surface area contributed by atoms with Crippen LogP contribution in [0.25, 0.3) is 10.8 Å². The van der Waals surface area contributed by atoms with Crippen molar-refractivity contribution in [3.8, 4) is 0 Å². The summed E-state index contributed by atoms with van der Waals surface area (Å²) in [5, 5.41) is 5.74. The van der Waals surface area contributed by atoms with Gasteiger partial charge in [0.15, 0.2) is 0 Å². The lowest BCUT2D eigenvalue weighted by Crippen LogP contribution is -2.29. The molecule has 1 heterocycles. The van der Waals surface area contributed by atoms with E-state index in [0.29, 0.717) is 31.5 Å². The highest BCUT2D eigenvalue weighted by Crippen LogP contribution is 2.07. The Balaban J connectivity index is 2.17. The number of nitrogens with two attached hydrogens (primary N) is 1. The molecule has 1 atom stereocenters. The molecule has 0 saturated heterocycles. The average Bonchev–Trinajstić information content (AvgIpc) is 2.45. The zero-order valence-corrected chi connectivity index (χ0v) is 11.1. The number of aryl methyl sites for hydroxylation is 1. The van der Waals surface area contributed by atoms with E-state index in [9.17, 15) is 4.79 Å². The Morgan fingerprint density at radius 1 is 1.42 bits per heavy atom. The molecule has 0 fully saturated rings. The highest BCUT2D eigenvalue weighted by molar-refractivity contribution is 5.80. The summed E-state index contributed by atoms with van der Waals surface area (Å²) in [6.07, 6.45) is 2.38. The lowest BCUT2D eigenvalue weighted by Gasteiger charge is -2.15. The van der Waals surface area contributed by atoms with E-state index in [0.717, 1.165) is 5.39 Å². The van der Waals surface area contributed by atoms with Crippen LogP contribution < -0.4 is 11.3 Å². The molecule has 1 aromatic carbocycles. The van der Waals surface area contributed by atoms with Crippen molar-refractivity contribution in [3.05, 3.63) is 40.8 Å². The Morgan fingerprint density at radius 3 is 2.95 bits per heavy atom. The number of rotatable bonds is 6. The SMILES string of the molecule is CCOC(CN)CCn1ncc2ccccc2c1=O. The van der Waals surface area contributed by atoms with Gasteiger partial charge in [-0.15, -0.1) is 0 Å². The zero-order valence-electron chi connectivity index (χ0n) is 11.1. The molecule has 0 aliphatic heterocycles. The van der Waals surface area contributed by atoms with Gasteiger partial charge in [-0.05, 0) is 19.4 Å². The fraction of sp³-hybridized carbons (Fsp3) is 0.429. The largest absolute Gasteiger partial charge is 0.377 e. The Bertz CT molecular complexity index is 595. The molecule has 1 aromatic heterocycles. The van der Waals surface area contributed by atoms with E-state index in [2.05, 4.69) is 5.10 Å². The van der Waals surface area contributed by atoms with Gasteiger partial charge < -0.3 is 10.5 Å². The molecule has 1 unspecified atom stereocenters. The van der Waals surface area contributed by atoms with Gasteiger partial charge in [-0.25, -0.2) is 4.68 Å². The van der Waals surface area contributed by atoms with E-state index in [4.69, 9.17) is 10.5 Å². The Morgan fingerprint density at radius 2 is 2.21 bits per heavy atom. The smallest absolute Gasteiger partial charge is 0.274 e. The maximum atomic E-state index is 12.2. The van der Waals surface area contributed by atoms with E-state index in [1.54, 1.807) is 6.20 Å². The molecule has 0 spiro atoms. The third-order valence-corrected chi connectivity index (χ3v) is 3.09. The van der Waals surface area contributed by atoms with E-state index in [-0.39, 0.29) is 11.7 Å². The average molecular weight is 261 g/mol. The molecule has 5 heteroatoms. The molecule has 19 heavy (non-hydrogen) atoms. The van der Waals surface area contributed by atoms with E-state index >= 15 is 0 Å². The van der Waals surface area contributed by atoms with Crippen LogP contribution in [0.1, 0.15) is 13.3 Å². The molecule has 0 bridgehead atoms. The van der Waals surface area contributed by atoms with Crippen LogP contribution in [0.4, 0.5) is 0 Å². The van der Waals surface area contributed by atoms with Crippen molar-refractivity contribution in [3.63, 3.8) is 0 Å². The van der Waals surface area contributed by atoms with Crippen LogP contribution in [0, 0.1) is 0 Å². The van der Waals surface area contributed by atoms with Crippen molar-refractivity contribution >= 4 is 10.8 Å². The van der Waals surface area contributed by atoms with Gasteiger partial charge in [0.2, 0.25) is 0 Å². The lowest BCUT2D eigenvalue weighted by molar-refractivity contribution is 0.0589. The fourth-order valence-electron chi connectivity index (χ4n) is 2.06. The molecule has 102 valence electrons. The first kappa shape index (κ1) is 13.7. The summed E-state index contributed by atoms with van der Waals surface area (Å²) in [6.45, 7) is 3.53. The summed E-state index contributed by atoms with van der Waals surface area (Å²) >= 11 is 0. The maximum absolute atomic E-state index is 12.2. The first-order valence-electron chi connectivity index (χ1n) is 6.52. The van der Waals surface area contributed by atoms with Crippen molar-refractivity contribution in [2.75, 3.05) is 13.2 Å². The van der Waals surface area contributed by atoms with Crippen molar-refractivity contribution in [2.24, 2.45) is 5.73 Å². The number of ether oxygens (including phenoxy) is 1. The van der Waals surface area contributed by atoms with Crippen LogP contribution >= 0.6 is 0 Å². The minimum absolute atomic E-state index is 0.0230. The highest BCUT2D eigenvalue weighted by Gasteiger charge is 2.08. The van der Waals surface area contributed by atoms with Crippen LogP contribution in [0.5, 0.6) is 0 Å². The molecule has 2 aromatic rings. The van der Waals surface area contributed by atoms with Crippen molar-refractivity contribution < 1.29 is 4.74 Å². The predicted molar refractivity (Wildman–Crippen MR) is 75.1 cm³/mol. The highest BCUT2D eigenvalue weighted by atomic mass is 16.5. The number of benzene rings is 1. The van der Waals surface area contributed by atoms with Gasteiger partial charge >= 0.3 is 0 Å². The van der Waals surface area contributed by atoms with Crippen LogP contribution in [0.15, 0.2) is 35.3 Å². The molecule has 0 radical (unpaired) electrons. The van der Waals surface area contributed by atoms with Crippen LogP contribution in [-0.4, -0.2) is 29.0 Å². The minimum atomic E-state index is -0.0645. The number of nitrogens with zero attached hydrogens (tertiary/aromatic N) is 2. The number of fused-ring (bicyclic) bond motifs is 1. The van der Waals surface area contributed by atoms with Gasteiger partial charge in [-0.3, -0.25) is 4.79 Å². The third-order valence-electron chi connectivity index (χ3n) is 3.09. The monoisotopic (exact) mass is 261 g/mol. The first-order valence-corrected chi connectivity index (χ1v) is 6.52. The molecular formula is C14H19N3O2. The quantitative estimate of drug-likeness (QED) is 0.847. The summed E-state index contributed by atoms with van der Waals surface area (Å²) in [6, 6.07) is 7.46. The molecule has 5 nitrogen and oxygen atoms in total. The number of hydrogen-bond donors (Lipinski definition) is 1. The summed E-state index contributed by atoms with van der Waals surface area (Å²) in [4.78, 5) is 12.2. The molecule has 0 saturated carbocycles. The van der Waals surface area contributed by atoms with E-state index < -0.39 is 0 Å². The van der Waals surface area contributed by atoms with Gasteiger partial charge in [0.05, 0.1) is 17.7 Å². The predicted octanol–water partition coefficient (Wildman–Crippen LogP) is 1.15. The summed E-state index contributed by atoms with van der Waals surface area (Å²) in [7, 11) is 0. The Kier molecular flexibility index (Phi) is 4.65. The second kappa shape index (κ2) is 6.45. The normalized spacial score (nSPS) is 12.7. The van der Waals surface area contributed by atoms with E-state index in [1.807, 2.05) is 31.2 Å². The summed E-state index contributed by atoms with van der Waals surface area (Å²) in [5.41, 5.74) is 5.55. The molecule has 2 N–H and O–H groups in total. The third kappa shape index (κ3) is 3.19. The number of hydrogen-bond acceptors (Lipinski definition) is 4. The second-order valence-corrected chi connectivity index (χ2v) is 4.36. The molecule has 0 aliphatic rings. The van der Waals surface area contributed by atoms with Gasteiger partial charge in [0.25, 0.3) is 5.56 Å². The molecule has 0 amide bonds. The topological polar surface area (TPSA) is 70.1 Å². The van der Waals surface area contributed by atoms with Gasteiger partial charge in [0, 0.05) is 25.1 Å². The van der Waals surface area contributed by atoms with Crippen molar-refractivity contribution in [1.82, 2.24) is 9.78 Å². The van der Waals surface area contributed by atoms with Crippen LogP contribution in [0.3, 0.4) is 0 Å². The van der Waals surface area contributed by atoms with Crippen LogP contribution in [0.2, 0.25) is 0 Å². The molecular weight excluding hydrogens is 242 g/mol. The summed E-state index contributed by atoms with van der Waals surface area (Å²) in [5.74, 6) is 0. The minimum Gasteiger partial charge on any atom is -0.377 e. The summed E-state index contributed by atoms with van der Waals surface area (Å²) < 4.78 is 6.95. The van der Waals surface area contributed by atoms with Gasteiger partial charge in [-0.1, -0.05) is 18.2 Å². The molecule has 2 rings (SSSR count). The lowest BCUT2D eigenvalue weighted by atomic mass is 10.2. The standard InChI is InChI=1S/C14H19N3O2/c1-2-19-12(9-15)7-8-17-14(18)13-6-4-3-5-11(13)10-16-17/h3-6,10,12H,2,7-9,15H2,1H3. The van der Waals surface area contributed by atoms with E-state index in [1.165, 1.54) is 4.68 Å². The van der Waals surface area contributed by atoms with Gasteiger partial charge in [0.1, 0.15) is 0 Å².